The molecule has 0 bridgehead atoms. The summed E-state index contributed by atoms with van der Waals surface area (Å²) in [5.74, 6) is -0.750. The van der Waals surface area contributed by atoms with E-state index in [2.05, 4.69) is 26.0 Å². The molecule has 2 heterocycles. The molecule has 2 aromatic heterocycles. The van der Waals surface area contributed by atoms with Gasteiger partial charge in [0.25, 0.3) is 0 Å². The number of fused-ring (bicyclic) bond motifs is 1. The van der Waals surface area contributed by atoms with Gasteiger partial charge in [0.05, 0.1) is 10.4 Å². The fourth-order valence-corrected chi connectivity index (χ4v) is 5.94. The van der Waals surface area contributed by atoms with Gasteiger partial charge in [-0.3, -0.25) is 9.36 Å². The van der Waals surface area contributed by atoms with E-state index in [0.29, 0.717) is 11.3 Å². The number of amides is 1. The smallest absolute Gasteiger partial charge is 0.400 e. The highest BCUT2D eigenvalue weighted by atomic mass is 79.9. The zero-order valence-corrected chi connectivity index (χ0v) is 19.7. The summed E-state index contributed by atoms with van der Waals surface area (Å²) in [5, 5.41) is 4.15. The molecule has 0 fully saturated rings. The van der Waals surface area contributed by atoms with Crippen LogP contribution in [0.1, 0.15) is 20.8 Å². The van der Waals surface area contributed by atoms with E-state index >= 15 is 0 Å². The van der Waals surface area contributed by atoms with Gasteiger partial charge in [-0.15, -0.1) is 11.3 Å². The van der Waals surface area contributed by atoms with Crippen molar-refractivity contribution in [1.82, 2.24) is 14.8 Å². The first-order valence-corrected chi connectivity index (χ1v) is 12.3. The Balaban J connectivity index is 1.71. The fraction of sp³-hybridized carbons (Fsp3) is 0.105. The number of primary amides is 1. The lowest BCUT2D eigenvalue weighted by molar-refractivity contribution is 0.0595. The molecule has 33 heavy (non-hydrogen) atoms. The molecular weight excluding hydrogens is 545 g/mol. The number of rotatable bonds is 7. The first kappa shape index (κ1) is 23.5. The van der Waals surface area contributed by atoms with Crippen LogP contribution >= 0.6 is 34.9 Å². The molecule has 0 spiro atoms. The van der Waals surface area contributed by atoms with Crippen LogP contribution in [0.2, 0.25) is 0 Å². The standard InChI is InChI=1S/C19H14BrF2N4O5PS/c20-15-13-5-11(18(23)27)6-14(16(13)33-17(15)19(21,22)32(28,29)30)31-7-10-1-3-12(4-2-10)26-9-24-8-25-26/h1-6,8-9H,7H2,(H2,23,27)(H2,28,29,30). The zero-order chi connectivity index (χ0) is 24.0. The van der Waals surface area contributed by atoms with E-state index in [1.54, 1.807) is 28.9 Å². The molecule has 2 aromatic carbocycles. The van der Waals surface area contributed by atoms with E-state index in [-0.39, 0.29) is 32.5 Å². The van der Waals surface area contributed by atoms with Crippen molar-refractivity contribution in [2.24, 2.45) is 5.73 Å². The Bertz CT molecular complexity index is 1390. The van der Waals surface area contributed by atoms with Gasteiger partial charge >= 0.3 is 13.3 Å². The van der Waals surface area contributed by atoms with E-state index in [4.69, 9.17) is 20.3 Å². The van der Waals surface area contributed by atoms with Gasteiger partial charge in [0, 0.05) is 15.4 Å². The SMILES string of the molecule is NC(=O)c1cc(OCc2ccc(-n3cncn3)cc2)c2sc(C(F)(F)P(=O)(O)O)c(Br)c2c1. The third kappa shape index (κ3) is 4.42. The predicted octanol–water partition coefficient (Wildman–Crippen LogP) is 4.15. The average Bonchev–Trinajstić information content (AvgIpc) is 3.40. The Kier molecular flexibility index (Phi) is 6.10. The molecule has 4 N–H and O–H groups in total. The van der Waals surface area contributed by atoms with Crippen molar-refractivity contribution in [1.29, 1.82) is 0 Å². The summed E-state index contributed by atoms with van der Waals surface area (Å²) in [6, 6.07) is 9.66. The summed E-state index contributed by atoms with van der Waals surface area (Å²) in [5.41, 5.74) is 2.41. The maximum Gasteiger partial charge on any atom is 0.400 e. The van der Waals surface area contributed by atoms with Gasteiger partial charge < -0.3 is 20.3 Å². The molecule has 0 aliphatic heterocycles. The Morgan fingerprint density at radius 2 is 1.97 bits per heavy atom. The van der Waals surface area contributed by atoms with Crippen molar-refractivity contribution >= 4 is 50.9 Å². The van der Waals surface area contributed by atoms with E-state index < -0.39 is 24.0 Å². The number of alkyl halides is 2. The highest BCUT2D eigenvalue weighted by Gasteiger charge is 2.53. The summed E-state index contributed by atoms with van der Waals surface area (Å²) in [4.78, 5) is 33.0. The van der Waals surface area contributed by atoms with Crippen LogP contribution in [0.15, 0.2) is 53.5 Å². The summed E-state index contributed by atoms with van der Waals surface area (Å²) < 4.78 is 47.5. The van der Waals surface area contributed by atoms with Crippen LogP contribution in [-0.2, 0) is 16.8 Å². The molecule has 0 radical (unpaired) electrons. The molecule has 0 saturated heterocycles. The Labute approximate surface area is 197 Å². The van der Waals surface area contributed by atoms with Gasteiger partial charge in [-0.1, -0.05) is 12.1 Å². The summed E-state index contributed by atoms with van der Waals surface area (Å²) in [6.45, 7) is 0.0225. The van der Waals surface area contributed by atoms with Gasteiger partial charge in [-0.2, -0.15) is 13.9 Å². The van der Waals surface area contributed by atoms with Crippen molar-refractivity contribution in [3.05, 3.63) is 69.5 Å². The lowest BCUT2D eigenvalue weighted by atomic mass is 10.1. The van der Waals surface area contributed by atoms with Gasteiger partial charge in [0.1, 0.15) is 29.9 Å². The Morgan fingerprint density at radius 1 is 1.27 bits per heavy atom. The van der Waals surface area contributed by atoms with Crippen molar-refractivity contribution in [2.45, 2.75) is 12.3 Å². The maximum atomic E-state index is 14.4. The average molecular weight is 559 g/mol. The molecule has 9 nitrogen and oxygen atoms in total. The first-order chi connectivity index (χ1) is 15.5. The molecule has 1 amide bonds. The minimum atomic E-state index is -5.80. The number of nitrogens with two attached hydrogens (primary N) is 1. The number of hydrogen-bond acceptors (Lipinski definition) is 6. The minimum Gasteiger partial charge on any atom is -0.487 e. The van der Waals surface area contributed by atoms with Crippen molar-refractivity contribution in [2.75, 3.05) is 0 Å². The van der Waals surface area contributed by atoms with Crippen molar-refractivity contribution in [3.8, 4) is 11.4 Å². The monoisotopic (exact) mass is 558 g/mol. The number of halogens is 3. The van der Waals surface area contributed by atoms with Crippen LogP contribution in [0.3, 0.4) is 0 Å². The lowest BCUT2D eigenvalue weighted by Crippen LogP contribution is -2.12. The van der Waals surface area contributed by atoms with Crippen LogP contribution in [0, 0.1) is 0 Å². The summed E-state index contributed by atoms with van der Waals surface area (Å²) in [7, 11) is -5.80. The molecule has 0 aliphatic rings. The van der Waals surface area contributed by atoms with E-state index in [1.807, 2.05) is 0 Å². The first-order valence-electron chi connectivity index (χ1n) is 9.05. The molecule has 0 saturated carbocycles. The summed E-state index contributed by atoms with van der Waals surface area (Å²) in [6.07, 6.45) is 2.94. The molecular formula is C19H14BrF2N4O5PS. The molecule has 0 atom stereocenters. The number of thiophene rings is 1. The molecule has 4 rings (SSSR count). The van der Waals surface area contributed by atoms with Crippen LogP contribution in [-0.4, -0.2) is 30.5 Å². The third-order valence-electron chi connectivity index (χ3n) is 4.63. The largest absolute Gasteiger partial charge is 0.487 e. The van der Waals surface area contributed by atoms with Gasteiger partial charge in [0.2, 0.25) is 5.91 Å². The number of nitrogens with zero attached hydrogens (tertiary/aromatic N) is 3. The van der Waals surface area contributed by atoms with Crippen molar-refractivity contribution < 1.29 is 32.7 Å². The van der Waals surface area contributed by atoms with Gasteiger partial charge in [-0.25, -0.2) is 9.67 Å². The molecule has 0 unspecified atom stereocenters. The maximum absolute atomic E-state index is 14.4. The topological polar surface area (TPSA) is 141 Å². The zero-order valence-electron chi connectivity index (χ0n) is 16.4. The number of hydrogen-bond donors (Lipinski definition) is 3. The summed E-state index contributed by atoms with van der Waals surface area (Å²) >= 11 is 3.44. The second kappa shape index (κ2) is 8.58. The minimum absolute atomic E-state index is 0.0106. The van der Waals surface area contributed by atoms with Crippen LogP contribution in [0.5, 0.6) is 5.75 Å². The number of benzene rings is 2. The van der Waals surface area contributed by atoms with Gasteiger partial charge in [-0.05, 0) is 45.8 Å². The van der Waals surface area contributed by atoms with E-state index in [1.165, 1.54) is 24.8 Å². The molecule has 0 aliphatic carbocycles. The van der Waals surface area contributed by atoms with Crippen LogP contribution in [0.25, 0.3) is 15.8 Å². The van der Waals surface area contributed by atoms with Gasteiger partial charge in [0.15, 0.2) is 0 Å². The normalized spacial score (nSPS) is 12.3. The van der Waals surface area contributed by atoms with E-state index in [9.17, 15) is 18.1 Å². The van der Waals surface area contributed by atoms with Crippen LogP contribution in [0.4, 0.5) is 8.78 Å². The Hall–Kier alpha value is -2.70. The quantitative estimate of drug-likeness (QED) is 0.289. The predicted molar refractivity (Wildman–Crippen MR) is 120 cm³/mol. The molecule has 4 aromatic rings. The molecule has 172 valence electrons. The van der Waals surface area contributed by atoms with Crippen LogP contribution < -0.4 is 10.5 Å². The number of carbonyl (C=O) groups is 1. The highest BCUT2D eigenvalue weighted by Crippen LogP contribution is 2.63. The van der Waals surface area contributed by atoms with Crippen molar-refractivity contribution in [3.63, 3.8) is 0 Å². The number of ether oxygens (including phenoxy) is 1. The highest BCUT2D eigenvalue weighted by molar-refractivity contribution is 9.10. The fourth-order valence-electron chi connectivity index (χ4n) is 2.96. The lowest BCUT2D eigenvalue weighted by Gasteiger charge is -2.16. The Morgan fingerprint density at radius 3 is 2.55 bits per heavy atom. The molecule has 14 heteroatoms. The second-order valence-corrected chi connectivity index (χ2v) is 10.3. The number of carbonyl (C=O) groups excluding carboxylic acids is 1. The van der Waals surface area contributed by atoms with E-state index in [0.717, 1.165) is 11.3 Å². The second-order valence-electron chi connectivity index (χ2n) is 6.84. The third-order valence-corrected chi connectivity index (χ3v) is 8.11. The number of aromatic nitrogens is 3.